The average molecular weight is 310 g/mol. The van der Waals surface area contributed by atoms with Gasteiger partial charge in [-0.25, -0.2) is 13.1 Å². The number of nitrogens with one attached hydrogen (secondary N) is 2. The Labute approximate surface area is 126 Å². The summed E-state index contributed by atoms with van der Waals surface area (Å²) >= 11 is 0. The molecule has 1 aliphatic rings. The number of carbonyl (C=O) groups is 1. The molecule has 0 heterocycles. The topological polar surface area (TPSA) is 75.3 Å². The SMILES string of the molecule is CC(C)C(C)NC(=O)c1cccc(S(=O)(=O)NC2CC2)c1. The lowest BCUT2D eigenvalue weighted by molar-refractivity contribution is 0.0930. The number of amides is 1. The molecule has 1 saturated carbocycles. The molecular formula is C15H22N2O3S. The molecule has 0 aliphatic heterocycles. The first kappa shape index (κ1) is 16.0. The van der Waals surface area contributed by atoms with Crippen molar-refractivity contribution in [3.63, 3.8) is 0 Å². The van der Waals surface area contributed by atoms with Crippen LogP contribution in [0.5, 0.6) is 0 Å². The van der Waals surface area contributed by atoms with Crippen LogP contribution in [0.3, 0.4) is 0 Å². The first-order valence-electron chi connectivity index (χ1n) is 7.23. The number of hydrogen-bond acceptors (Lipinski definition) is 3. The Hall–Kier alpha value is -1.40. The predicted molar refractivity (Wildman–Crippen MR) is 81.6 cm³/mol. The van der Waals surface area contributed by atoms with Gasteiger partial charge in [0.05, 0.1) is 4.90 Å². The summed E-state index contributed by atoms with van der Waals surface area (Å²) in [4.78, 5) is 12.3. The van der Waals surface area contributed by atoms with E-state index in [9.17, 15) is 13.2 Å². The van der Waals surface area contributed by atoms with E-state index in [0.29, 0.717) is 11.5 Å². The van der Waals surface area contributed by atoms with Crippen molar-refractivity contribution in [2.45, 2.75) is 50.6 Å². The van der Waals surface area contributed by atoms with Crippen molar-refractivity contribution in [2.24, 2.45) is 5.92 Å². The molecule has 2 N–H and O–H groups in total. The van der Waals surface area contributed by atoms with Gasteiger partial charge in [0, 0.05) is 17.6 Å². The van der Waals surface area contributed by atoms with Crippen LogP contribution in [0.1, 0.15) is 44.0 Å². The van der Waals surface area contributed by atoms with Gasteiger partial charge < -0.3 is 5.32 Å². The molecule has 1 aromatic carbocycles. The van der Waals surface area contributed by atoms with Gasteiger partial charge in [-0.3, -0.25) is 4.79 Å². The first-order valence-corrected chi connectivity index (χ1v) is 8.71. The molecule has 0 bridgehead atoms. The Bertz CT molecular complexity index is 622. The highest BCUT2D eigenvalue weighted by molar-refractivity contribution is 7.89. The third-order valence-corrected chi connectivity index (χ3v) is 5.18. The first-order chi connectivity index (χ1) is 9.79. The van der Waals surface area contributed by atoms with Crippen LogP contribution in [-0.4, -0.2) is 26.4 Å². The maximum Gasteiger partial charge on any atom is 0.251 e. The molecule has 6 heteroatoms. The van der Waals surface area contributed by atoms with Gasteiger partial charge in [0.25, 0.3) is 5.91 Å². The maximum absolute atomic E-state index is 12.1. The van der Waals surface area contributed by atoms with E-state index in [4.69, 9.17) is 0 Å². The lowest BCUT2D eigenvalue weighted by Gasteiger charge is -2.17. The van der Waals surface area contributed by atoms with Crippen molar-refractivity contribution in [3.05, 3.63) is 29.8 Å². The Kier molecular flexibility index (Phi) is 4.68. The van der Waals surface area contributed by atoms with E-state index in [0.717, 1.165) is 12.8 Å². The lowest BCUT2D eigenvalue weighted by Crippen LogP contribution is -2.36. The Morgan fingerprint density at radius 2 is 1.90 bits per heavy atom. The quantitative estimate of drug-likeness (QED) is 0.842. The van der Waals surface area contributed by atoms with E-state index in [1.165, 1.54) is 12.1 Å². The summed E-state index contributed by atoms with van der Waals surface area (Å²) in [6.07, 6.45) is 1.76. The van der Waals surface area contributed by atoms with Gasteiger partial charge in [-0.15, -0.1) is 0 Å². The highest BCUT2D eigenvalue weighted by Gasteiger charge is 2.28. The van der Waals surface area contributed by atoms with Crippen molar-refractivity contribution in [1.82, 2.24) is 10.0 Å². The smallest absolute Gasteiger partial charge is 0.251 e. The lowest BCUT2D eigenvalue weighted by atomic mass is 10.1. The van der Waals surface area contributed by atoms with E-state index >= 15 is 0 Å². The molecule has 1 unspecified atom stereocenters. The van der Waals surface area contributed by atoms with E-state index in [1.807, 2.05) is 20.8 Å². The van der Waals surface area contributed by atoms with Crippen LogP contribution in [0.15, 0.2) is 29.2 Å². The molecule has 0 saturated heterocycles. The van der Waals surface area contributed by atoms with Crippen molar-refractivity contribution in [1.29, 1.82) is 0 Å². The second-order valence-corrected chi connectivity index (χ2v) is 7.64. The van der Waals surface area contributed by atoms with E-state index in [1.54, 1.807) is 12.1 Å². The van der Waals surface area contributed by atoms with Gasteiger partial charge in [-0.1, -0.05) is 19.9 Å². The van der Waals surface area contributed by atoms with Crippen molar-refractivity contribution in [2.75, 3.05) is 0 Å². The van der Waals surface area contributed by atoms with Crippen LogP contribution < -0.4 is 10.0 Å². The fourth-order valence-corrected chi connectivity index (χ4v) is 3.10. The van der Waals surface area contributed by atoms with Crippen LogP contribution in [0.2, 0.25) is 0 Å². The van der Waals surface area contributed by atoms with Crippen molar-refractivity contribution < 1.29 is 13.2 Å². The van der Waals surface area contributed by atoms with E-state index in [2.05, 4.69) is 10.0 Å². The van der Waals surface area contributed by atoms with Gasteiger partial charge >= 0.3 is 0 Å². The zero-order valence-corrected chi connectivity index (χ0v) is 13.4. The van der Waals surface area contributed by atoms with Crippen LogP contribution >= 0.6 is 0 Å². The molecule has 1 amide bonds. The highest BCUT2D eigenvalue weighted by atomic mass is 32.2. The molecule has 0 spiro atoms. The summed E-state index contributed by atoms with van der Waals surface area (Å²) in [5.74, 6) is 0.0667. The monoisotopic (exact) mass is 310 g/mol. The third-order valence-electron chi connectivity index (χ3n) is 3.66. The highest BCUT2D eigenvalue weighted by Crippen LogP contribution is 2.22. The molecule has 0 aromatic heterocycles. The van der Waals surface area contributed by atoms with Crippen LogP contribution in [0.4, 0.5) is 0 Å². The molecule has 116 valence electrons. The predicted octanol–water partition coefficient (Wildman–Crippen LogP) is 1.90. The van der Waals surface area contributed by atoms with Gasteiger partial charge in [-0.05, 0) is 43.9 Å². The van der Waals surface area contributed by atoms with Crippen LogP contribution in [0, 0.1) is 5.92 Å². The number of sulfonamides is 1. The Morgan fingerprint density at radius 1 is 1.24 bits per heavy atom. The van der Waals surface area contributed by atoms with Gasteiger partial charge in [0.1, 0.15) is 0 Å². The fourth-order valence-electron chi connectivity index (χ4n) is 1.75. The van der Waals surface area contributed by atoms with Gasteiger partial charge in [0.15, 0.2) is 0 Å². The normalized spacial score (nSPS) is 16.8. The molecule has 2 rings (SSSR count). The minimum Gasteiger partial charge on any atom is -0.349 e. The summed E-state index contributed by atoms with van der Waals surface area (Å²) in [7, 11) is -3.53. The largest absolute Gasteiger partial charge is 0.349 e. The molecule has 1 fully saturated rings. The molecule has 21 heavy (non-hydrogen) atoms. The summed E-state index contributed by atoms with van der Waals surface area (Å²) in [5, 5.41) is 2.87. The van der Waals surface area contributed by atoms with Crippen LogP contribution in [-0.2, 0) is 10.0 Å². The third kappa shape index (κ3) is 4.28. The maximum atomic E-state index is 12.1. The second kappa shape index (κ2) is 6.15. The summed E-state index contributed by atoms with van der Waals surface area (Å²) in [6.45, 7) is 5.97. The summed E-state index contributed by atoms with van der Waals surface area (Å²) in [5.41, 5.74) is 0.362. The van der Waals surface area contributed by atoms with E-state index in [-0.39, 0.29) is 22.9 Å². The number of benzene rings is 1. The van der Waals surface area contributed by atoms with Gasteiger partial charge in [-0.2, -0.15) is 0 Å². The number of rotatable bonds is 6. The average Bonchev–Trinajstić information content (AvgIpc) is 3.22. The standard InChI is InChI=1S/C15H22N2O3S/c1-10(2)11(3)16-15(18)12-5-4-6-14(9-12)21(19,20)17-13-7-8-13/h4-6,9-11,13,17H,7-8H2,1-3H3,(H,16,18). The van der Waals surface area contributed by atoms with Crippen LogP contribution in [0.25, 0.3) is 0 Å². The zero-order valence-electron chi connectivity index (χ0n) is 12.6. The van der Waals surface area contributed by atoms with Crippen molar-refractivity contribution in [3.8, 4) is 0 Å². The molecule has 1 atom stereocenters. The van der Waals surface area contributed by atoms with Crippen molar-refractivity contribution >= 4 is 15.9 Å². The molecule has 1 aliphatic carbocycles. The Balaban J connectivity index is 2.15. The second-order valence-electron chi connectivity index (χ2n) is 5.93. The summed E-state index contributed by atoms with van der Waals surface area (Å²) < 4.78 is 26.9. The fraction of sp³-hybridized carbons (Fsp3) is 0.533. The minimum atomic E-state index is -3.53. The summed E-state index contributed by atoms with van der Waals surface area (Å²) in [6, 6.07) is 6.23. The molecule has 0 radical (unpaired) electrons. The Morgan fingerprint density at radius 3 is 2.48 bits per heavy atom. The molecule has 5 nitrogen and oxygen atoms in total. The van der Waals surface area contributed by atoms with E-state index < -0.39 is 10.0 Å². The number of carbonyl (C=O) groups excluding carboxylic acids is 1. The number of hydrogen-bond donors (Lipinski definition) is 2. The minimum absolute atomic E-state index is 0.0300. The van der Waals surface area contributed by atoms with Gasteiger partial charge in [0.2, 0.25) is 10.0 Å². The zero-order chi connectivity index (χ0) is 15.6. The molecule has 1 aromatic rings. The molecular weight excluding hydrogens is 288 g/mol.